The summed E-state index contributed by atoms with van der Waals surface area (Å²) in [6.07, 6.45) is -4.58. The fourth-order valence-electron chi connectivity index (χ4n) is 2.56. The van der Waals surface area contributed by atoms with E-state index < -0.39 is 46.8 Å². The third-order valence-electron chi connectivity index (χ3n) is 3.69. The van der Waals surface area contributed by atoms with Crippen molar-refractivity contribution in [1.29, 1.82) is 0 Å². The first kappa shape index (κ1) is 21.0. The normalized spacial score (nSPS) is 27.9. The number of phosphoric ester groups is 1. The largest absolute Gasteiger partial charge is 0.481 e. The van der Waals surface area contributed by atoms with Crippen molar-refractivity contribution in [3.63, 3.8) is 0 Å². The molecule has 16 nitrogen and oxygen atoms in total. The van der Waals surface area contributed by atoms with Gasteiger partial charge in [-0.1, -0.05) is 0 Å². The summed E-state index contributed by atoms with van der Waals surface area (Å²) in [5.74, 6) is -0.194. The number of hydrogen-bond acceptors (Lipinski definition) is 12. The molecule has 0 aliphatic carbocycles. The van der Waals surface area contributed by atoms with Crippen LogP contribution in [0.25, 0.3) is 11.2 Å². The van der Waals surface area contributed by atoms with Gasteiger partial charge in [0, 0.05) is 0 Å². The van der Waals surface area contributed by atoms with Crippen LogP contribution in [0.4, 0.5) is 11.8 Å². The highest BCUT2D eigenvalue weighted by molar-refractivity contribution is 7.60. The fraction of sp³-hybridized carbons (Fsp3) is 0.500. The molecule has 0 saturated carbocycles. The van der Waals surface area contributed by atoms with Crippen LogP contribution in [0, 0.1) is 0 Å². The van der Waals surface area contributed by atoms with Crippen molar-refractivity contribution in [2.75, 3.05) is 18.1 Å². The molecule has 1 aliphatic rings. The molecule has 1 aliphatic heterocycles. The number of aliphatic hydroxyl groups excluding tert-OH is 2. The van der Waals surface area contributed by atoms with Gasteiger partial charge in [0.25, 0.3) is 0 Å². The Balaban J connectivity index is 1.78. The van der Waals surface area contributed by atoms with Gasteiger partial charge in [-0.3, -0.25) is 9.09 Å². The number of aliphatic hydroxyl groups is 2. The third-order valence-corrected chi connectivity index (χ3v) is 5.84. The van der Waals surface area contributed by atoms with Crippen molar-refractivity contribution >= 4 is 38.6 Å². The van der Waals surface area contributed by atoms with E-state index in [9.17, 15) is 24.2 Å². The van der Waals surface area contributed by atoms with E-state index in [4.69, 9.17) is 26.0 Å². The summed E-state index contributed by atoms with van der Waals surface area (Å²) in [7, 11) is -10.5. The number of nitrogens with two attached hydrogens (primary N) is 2. The Bertz CT molecular complexity index is 979. The molecule has 0 amide bonds. The zero-order valence-electron chi connectivity index (χ0n) is 13.7. The van der Waals surface area contributed by atoms with Crippen LogP contribution in [0.3, 0.4) is 0 Å². The van der Waals surface area contributed by atoms with Crippen molar-refractivity contribution < 1.29 is 47.6 Å². The van der Waals surface area contributed by atoms with Gasteiger partial charge in [0.05, 0.1) is 12.9 Å². The molecular formula is C10H16N6O10P2. The van der Waals surface area contributed by atoms with Gasteiger partial charge in [0.1, 0.15) is 23.8 Å². The number of aromatic nitrogens is 4. The molecule has 1 fully saturated rings. The van der Waals surface area contributed by atoms with E-state index in [0.29, 0.717) is 0 Å². The highest BCUT2D eigenvalue weighted by atomic mass is 31.3. The number of fused-ring (bicyclic) bond motifs is 1. The minimum Gasteiger partial charge on any atom is -0.387 e. The Hall–Kier alpha value is -1.71. The molecule has 0 spiro atoms. The molecule has 5 atom stereocenters. The Labute approximate surface area is 155 Å². The van der Waals surface area contributed by atoms with E-state index in [1.54, 1.807) is 0 Å². The summed E-state index contributed by atoms with van der Waals surface area (Å²) in [5.41, 5.74) is 11.5. The first-order valence-electron chi connectivity index (χ1n) is 7.39. The zero-order chi connectivity index (χ0) is 20.9. The van der Waals surface area contributed by atoms with Crippen LogP contribution in [0.2, 0.25) is 0 Å². The first-order chi connectivity index (χ1) is 12.9. The topological polar surface area (TPSA) is 259 Å². The van der Waals surface area contributed by atoms with Crippen LogP contribution >= 0.6 is 15.6 Å². The maximum Gasteiger partial charge on any atom is 0.481 e. The summed E-state index contributed by atoms with van der Waals surface area (Å²) in [6, 6.07) is 0. The third kappa shape index (κ3) is 4.31. The number of anilines is 2. The van der Waals surface area contributed by atoms with E-state index in [-0.39, 0.29) is 22.9 Å². The molecule has 28 heavy (non-hydrogen) atoms. The van der Waals surface area contributed by atoms with Crippen molar-refractivity contribution in [2.45, 2.75) is 24.5 Å². The number of imidazole rings is 1. The molecule has 1 saturated heterocycles. The molecule has 2 unspecified atom stereocenters. The number of hydrogen-bond donors (Lipinski definition) is 7. The lowest BCUT2D eigenvalue weighted by molar-refractivity contribution is -0.0503. The summed E-state index contributed by atoms with van der Waals surface area (Å²) in [6.45, 7) is -0.839. The van der Waals surface area contributed by atoms with Crippen LogP contribution in [0.1, 0.15) is 6.23 Å². The van der Waals surface area contributed by atoms with Crippen LogP contribution in [0.15, 0.2) is 6.33 Å². The molecule has 0 radical (unpaired) electrons. The smallest absolute Gasteiger partial charge is 0.387 e. The molecule has 0 bridgehead atoms. The van der Waals surface area contributed by atoms with Crippen molar-refractivity contribution in [3.05, 3.63) is 6.33 Å². The average molecular weight is 442 g/mol. The summed E-state index contributed by atoms with van der Waals surface area (Å²) < 4.78 is 36.8. The maximum absolute atomic E-state index is 11.5. The van der Waals surface area contributed by atoms with Crippen LogP contribution < -0.4 is 11.5 Å². The molecule has 9 N–H and O–H groups in total. The lowest BCUT2D eigenvalue weighted by Gasteiger charge is -2.17. The first-order valence-corrected chi connectivity index (χ1v) is 10.4. The number of nitrogens with zero attached hydrogens (tertiary/aromatic N) is 4. The summed E-state index contributed by atoms with van der Waals surface area (Å²) >= 11 is 0. The van der Waals surface area contributed by atoms with Gasteiger partial charge in [0.2, 0.25) is 5.95 Å². The molecule has 3 rings (SSSR count). The summed E-state index contributed by atoms with van der Waals surface area (Å²) in [5, 5.41) is 20.3. The number of phosphoric acid groups is 2. The van der Waals surface area contributed by atoms with Crippen LogP contribution in [-0.4, -0.2) is 69.3 Å². The van der Waals surface area contributed by atoms with E-state index in [2.05, 4.69) is 23.8 Å². The van der Waals surface area contributed by atoms with E-state index in [0.717, 1.165) is 0 Å². The average Bonchev–Trinajstić information content (AvgIpc) is 3.06. The van der Waals surface area contributed by atoms with E-state index in [1.165, 1.54) is 10.9 Å². The molecular weight excluding hydrogens is 426 g/mol. The Kier molecular flexibility index (Phi) is 5.46. The second-order valence-electron chi connectivity index (χ2n) is 5.67. The predicted molar refractivity (Wildman–Crippen MR) is 89.0 cm³/mol. The van der Waals surface area contributed by atoms with E-state index in [1.807, 2.05) is 0 Å². The number of rotatable bonds is 6. The molecule has 156 valence electrons. The fourth-order valence-corrected chi connectivity index (χ4v) is 4.16. The second kappa shape index (κ2) is 7.27. The highest BCUT2D eigenvalue weighted by Crippen LogP contribution is 2.57. The van der Waals surface area contributed by atoms with Gasteiger partial charge in [-0.05, 0) is 0 Å². The standard InChI is InChI=1S/C10H16N6O10P2/c11-7-4-8(15-10(12)14-7)16(2-13-4)9-6(18)5(17)3(25-9)1-24-28(22,23)26-27(19,20)21/h2-3,5-6,9,17-18H,1H2,(H,22,23)(H2,19,20,21)(H4,11,12,14,15)/t3-,5-,6-,9?/m1/s1. The minimum atomic E-state index is -5.31. The van der Waals surface area contributed by atoms with Crippen LogP contribution in [0.5, 0.6) is 0 Å². The second-order valence-corrected chi connectivity index (χ2v) is 8.50. The van der Waals surface area contributed by atoms with Gasteiger partial charge in [-0.25, -0.2) is 14.1 Å². The monoisotopic (exact) mass is 442 g/mol. The van der Waals surface area contributed by atoms with Gasteiger partial charge in [0.15, 0.2) is 17.7 Å². The lowest BCUT2D eigenvalue weighted by Crippen LogP contribution is -2.33. The quantitative estimate of drug-likeness (QED) is 0.235. The molecule has 3 heterocycles. The van der Waals surface area contributed by atoms with Crippen molar-refractivity contribution in [3.8, 4) is 0 Å². The Morgan fingerprint density at radius 2 is 1.86 bits per heavy atom. The number of ether oxygens (including phenoxy) is 1. The van der Waals surface area contributed by atoms with Crippen molar-refractivity contribution in [1.82, 2.24) is 19.5 Å². The Morgan fingerprint density at radius 3 is 2.50 bits per heavy atom. The zero-order valence-corrected chi connectivity index (χ0v) is 15.5. The molecule has 2 aromatic heterocycles. The van der Waals surface area contributed by atoms with Crippen molar-refractivity contribution in [2.24, 2.45) is 0 Å². The molecule has 2 aromatic rings. The highest BCUT2D eigenvalue weighted by Gasteiger charge is 2.46. The van der Waals surface area contributed by atoms with Gasteiger partial charge in [-0.2, -0.15) is 14.3 Å². The predicted octanol–water partition coefficient (Wildman–Crippen LogP) is -2.16. The lowest BCUT2D eigenvalue weighted by atomic mass is 10.1. The Morgan fingerprint density at radius 1 is 1.18 bits per heavy atom. The molecule has 18 heteroatoms. The van der Waals surface area contributed by atoms with Crippen LogP contribution in [-0.2, 0) is 22.7 Å². The van der Waals surface area contributed by atoms with Gasteiger partial charge in [-0.15, -0.1) is 0 Å². The molecule has 0 aromatic carbocycles. The van der Waals surface area contributed by atoms with E-state index >= 15 is 0 Å². The van der Waals surface area contributed by atoms with Gasteiger partial charge < -0.3 is 41.1 Å². The maximum atomic E-state index is 11.5. The summed E-state index contributed by atoms with van der Waals surface area (Å²) in [4.78, 5) is 38.1. The van der Waals surface area contributed by atoms with Gasteiger partial charge >= 0.3 is 15.6 Å². The number of nitrogen functional groups attached to an aromatic ring is 2. The SMILES string of the molecule is Nc1nc(N)c2ncn(C3O[C@H](COP(=O)(O)OP(=O)(O)O)[C@@H](O)[C@H]3O)c2n1. The minimum absolute atomic E-state index is 0.0232.